The summed E-state index contributed by atoms with van der Waals surface area (Å²) in [7, 11) is 1.53. The first-order chi connectivity index (χ1) is 16.0. The summed E-state index contributed by atoms with van der Waals surface area (Å²) in [4.78, 5) is 25.0. The van der Waals surface area contributed by atoms with Gasteiger partial charge >= 0.3 is 11.3 Å². The van der Waals surface area contributed by atoms with Crippen molar-refractivity contribution in [3.8, 4) is 22.6 Å². The summed E-state index contributed by atoms with van der Waals surface area (Å²) in [5.74, 6) is 1.13. The van der Waals surface area contributed by atoms with Crippen molar-refractivity contribution in [2.45, 2.75) is 6.61 Å². The van der Waals surface area contributed by atoms with E-state index in [1.807, 2.05) is 36.4 Å². The molecule has 0 aliphatic rings. The number of ether oxygens (including phenoxy) is 2. The van der Waals surface area contributed by atoms with Crippen molar-refractivity contribution in [1.29, 1.82) is 0 Å². The molecule has 0 radical (unpaired) electrons. The highest BCUT2D eigenvalue weighted by molar-refractivity contribution is 9.10. The molecule has 7 heteroatoms. The predicted octanol–water partition coefficient (Wildman–Crippen LogP) is 5.92. The van der Waals surface area contributed by atoms with Gasteiger partial charge in [0, 0.05) is 39.0 Å². The third kappa shape index (κ3) is 4.27. The highest BCUT2D eigenvalue weighted by Gasteiger charge is 2.15. The summed E-state index contributed by atoms with van der Waals surface area (Å²) in [6.45, 7) is 0.385. The lowest BCUT2D eigenvalue weighted by Crippen LogP contribution is -2.06. The van der Waals surface area contributed by atoms with E-state index in [1.165, 1.54) is 13.2 Å². The first-order valence-electron chi connectivity index (χ1n) is 10.1. The van der Waals surface area contributed by atoms with Crippen LogP contribution in [-0.2, 0) is 6.61 Å². The van der Waals surface area contributed by atoms with Gasteiger partial charge in [-0.15, -0.1) is 0 Å². The third-order valence-corrected chi connectivity index (χ3v) is 5.80. The molecule has 0 N–H and O–H groups in total. The number of fused-ring (bicyclic) bond motifs is 2. The van der Waals surface area contributed by atoms with Gasteiger partial charge in [0.25, 0.3) is 0 Å². The molecule has 0 aliphatic heterocycles. The van der Waals surface area contributed by atoms with Gasteiger partial charge in [0.15, 0.2) is 0 Å². The van der Waals surface area contributed by atoms with Crippen LogP contribution in [-0.4, -0.2) is 7.11 Å². The van der Waals surface area contributed by atoms with Crippen LogP contribution in [0.1, 0.15) is 5.56 Å². The number of benzene rings is 3. The Labute approximate surface area is 196 Å². The normalized spacial score (nSPS) is 11.1. The van der Waals surface area contributed by atoms with Gasteiger partial charge in [-0.05, 0) is 48.0 Å². The second-order valence-corrected chi connectivity index (χ2v) is 8.32. The minimum absolute atomic E-state index is 0.272. The molecule has 0 saturated carbocycles. The van der Waals surface area contributed by atoms with E-state index in [1.54, 1.807) is 30.3 Å². The Morgan fingerprint density at radius 3 is 2.33 bits per heavy atom. The maximum absolute atomic E-state index is 12.9. The van der Waals surface area contributed by atoms with Crippen molar-refractivity contribution in [3.63, 3.8) is 0 Å². The predicted molar refractivity (Wildman–Crippen MR) is 129 cm³/mol. The van der Waals surface area contributed by atoms with Crippen LogP contribution in [0.15, 0.2) is 95.7 Å². The highest BCUT2D eigenvalue weighted by Crippen LogP contribution is 2.30. The molecule has 5 aromatic rings. The van der Waals surface area contributed by atoms with Crippen LogP contribution in [0.25, 0.3) is 33.1 Å². The summed E-state index contributed by atoms with van der Waals surface area (Å²) in [5.41, 5.74) is 1.32. The Morgan fingerprint density at radius 2 is 1.55 bits per heavy atom. The van der Waals surface area contributed by atoms with Crippen molar-refractivity contribution < 1.29 is 18.3 Å². The SMILES string of the molecule is COc1ccc2c(-c3cc4ccc(OCc5ccc(Br)cc5)cc4oc3=O)cc(=O)oc2c1. The zero-order chi connectivity index (χ0) is 22.9. The van der Waals surface area contributed by atoms with Crippen LogP contribution in [0.2, 0.25) is 0 Å². The van der Waals surface area contributed by atoms with Gasteiger partial charge < -0.3 is 18.3 Å². The second-order valence-electron chi connectivity index (χ2n) is 7.40. The minimum Gasteiger partial charge on any atom is -0.497 e. The summed E-state index contributed by atoms with van der Waals surface area (Å²) in [6, 6.07) is 21.2. The molecule has 33 heavy (non-hydrogen) atoms. The van der Waals surface area contributed by atoms with E-state index < -0.39 is 11.3 Å². The van der Waals surface area contributed by atoms with E-state index in [0.717, 1.165) is 10.0 Å². The third-order valence-electron chi connectivity index (χ3n) is 5.27. The Balaban J connectivity index is 1.52. The van der Waals surface area contributed by atoms with Crippen molar-refractivity contribution in [3.05, 3.63) is 104 Å². The van der Waals surface area contributed by atoms with Crippen LogP contribution >= 0.6 is 15.9 Å². The van der Waals surface area contributed by atoms with E-state index in [9.17, 15) is 9.59 Å². The Bertz CT molecular complexity index is 1600. The molecule has 0 aliphatic carbocycles. The van der Waals surface area contributed by atoms with Crippen LogP contribution in [0.5, 0.6) is 11.5 Å². The number of methoxy groups -OCH3 is 1. The summed E-state index contributed by atoms with van der Waals surface area (Å²) in [6.07, 6.45) is 0. The monoisotopic (exact) mass is 504 g/mol. The van der Waals surface area contributed by atoms with Gasteiger partial charge in [0.1, 0.15) is 29.3 Å². The summed E-state index contributed by atoms with van der Waals surface area (Å²) < 4.78 is 22.9. The molecule has 0 amide bonds. The van der Waals surface area contributed by atoms with Crippen molar-refractivity contribution in [1.82, 2.24) is 0 Å². The lowest BCUT2D eigenvalue weighted by atomic mass is 10.0. The maximum atomic E-state index is 12.9. The zero-order valence-corrected chi connectivity index (χ0v) is 19.0. The van der Waals surface area contributed by atoms with Gasteiger partial charge in [-0.25, -0.2) is 9.59 Å². The smallest absolute Gasteiger partial charge is 0.344 e. The van der Waals surface area contributed by atoms with Crippen LogP contribution in [0.3, 0.4) is 0 Å². The molecule has 3 aromatic carbocycles. The molecule has 2 heterocycles. The van der Waals surface area contributed by atoms with E-state index in [-0.39, 0.29) is 5.56 Å². The Hall–Kier alpha value is -3.84. The highest BCUT2D eigenvalue weighted by atomic mass is 79.9. The first kappa shape index (κ1) is 21.0. The molecule has 0 unspecified atom stereocenters. The van der Waals surface area contributed by atoms with Crippen LogP contribution in [0, 0.1) is 0 Å². The van der Waals surface area contributed by atoms with E-state index in [2.05, 4.69) is 15.9 Å². The van der Waals surface area contributed by atoms with Gasteiger partial charge in [-0.1, -0.05) is 28.1 Å². The Kier molecular flexibility index (Phi) is 5.48. The molecule has 0 atom stereocenters. The molecule has 0 spiro atoms. The fourth-order valence-electron chi connectivity index (χ4n) is 3.61. The molecule has 6 nitrogen and oxygen atoms in total. The quantitative estimate of drug-likeness (QED) is 0.276. The molecule has 2 aromatic heterocycles. The molecule has 164 valence electrons. The van der Waals surface area contributed by atoms with Gasteiger partial charge in [0.05, 0.1) is 12.7 Å². The number of rotatable bonds is 5. The number of halogens is 1. The van der Waals surface area contributed by atoms with Crippen molar-refractivity contribution in [2.75, 3.05) is 7.11 Å². The molecule has 0 fully saturated rings. The van der Waals surface area contributed by atoms with E-state index in [4.69, 9.17) is 18.3 Å². The van der Waals surface area contributed by atoms with Crippen molar-refractivity contribution in [2.24, 2.45) is 0 Å². The fourth-order valence-corrected chi connectivity index (χ4v) is 3.87. The van der Waals surface area contributed by atoms with E-state index in [0.29, 0.717) is 45.6 Å². The van der Waals surface area contributed by atoms with Gasteiger partial charge in [0.2, 0.25) is 0 Å². The Morgan fingerprint density at radius 1 is 0.788 bits per heavy atom. The summed E-state index contributed by atoms with van der Waals surface area (Å²) in [5, 5.41) is 1.31. The molecule has 0 bridgehead atoms. The first-order valence-corrected chi connectivity index (χ1v) is 10.9. The van der Waals surface area contributed by atoms with Gasteiger partial charge in [-0.3, -0.25) is 0 Å². The lowest BCUT2D eigenvalue weighted by molar-refractivity contribution is 0.306. The lowest BCUT2D eigenvalue weighted by Gasteiger charge is -2.09. The van der Waals surface area contributed by atoms with Crippen LogP contribution in [0.4, 0.5) is 0 Å². The maximum Gasteiger partial charge on any atom is 0.344 e. The largest absolute Gasteiger partial charge is 0.497 e. The second kappa shape index (κ2) is 8.60. The summed E-state index contributed by atoms with van der Waals surface area (Å²) >= 11 is 3.41. The standard InChI is InChI=1S/C26H17BrO6/c1-30-18-8-9-20-21(13-25(28)32-24(20)11-18)22-10-16-4-7-19(12-23(16)33-26(22)29)31-14-15-2-5-17(27)6-3-15/h2-13H,14H2,1H3. The molecule has 0 saturated heterocycles. The molecular weight excluding hydrogens is 488 g/mol. The van der Waals surface area contributed by atoms with Crippen molar-refractivity contribution >= 4 is 37.9 Å². The molecule has 5 rings (SSSR count). The fraction of sp³-hybridized carbons (Fsp3) is 0.0769. The zero-order valence-electron chi connectivity index (χ0n) is 17.5. The van der Waals surface area contributed by atoms with Crippen LogP contribution < -0.4 is 20.7 Å². The van der Waals surface area contributed by atoms with Gasteiger partial charge in [-0.2, -0.15) is 0 Å². The minimum atomic E-state index is -0.568. The average molecular weight is 505 g/mol. The number of hydrogen-bond acceptors (Lipinski definition) is 6. The average Bonchev–Trinajstić information content (AvgIpc) is 2.82. The topological polar surface area (TPSA) is 78.9 Å². The molecular formula is C26H17BrO6. The van der Waals surface area contributed by atoms with E-state index >= 15 is 0 Å². The number of hydrogen-bond donors (Lipinski definition) is 0.